The van der Waals surface area contributed by atoms with E-state index in [2.05, 4.69) is 0 Å². The fourth-order valence-electron chi connectivity index (χ4n) is 4.36. The molecule has 4 aromatic rings. The molecular formula is C24H17BF3NO4S. The van der Waals surface area contributed by atoms with Gasteiger partial charge in [0, 0.05) is 22.1 Å². The fourth-order valence-corrected chi connectivity index (χ4v) is 5.28. The first-order chi connectivity index (χ1) is 15.9. The zero-order valence-electron chi connectivity index (χ0n) is 18.3. The predicted molar refractivity (Wildman–Crippen MR) is 126 cm³/mol. The number of nitrogens with zero attached hydrogens (tertiary/aromatic N) is 1. The van der Waals surface area contributed by atoms with Crippen LogP contribution in [0.15, 0.2) is 72.3 Å². The van der Waals surface area contributed by atoms with Crippen LogP contribution < -0.4 is 16.6 Å². The van der Waals surface area contributed by atoms with Gasteiger partial charge in [0.1, 0.15) is 23.7 Å². The van der Waals surface area contributed by atoms with Crippen LogP contribution in [0.2, 0.25) is 0 Å². The number of fused-ring (bicyclic) bond motifs is 4. The number of hydrogen-bond donors (Lipinski definition) is 1. The van der Waals surface area contributed by atoms with Crippen molar-refractivity contribution in [3.05, 3.63) is 86.1 Å². The molecule has 0 unspecified atom stereocenters. The van der Waals surface area contributed by atoms with Crippen LogP contribution in [-0.2, 0) is 11.6 Å². The summed E-state index contributed by atoms with van der Waals surface area (Å²) in [7, 11) is 1.85. The second-order valence-electron chi connectivity index (χ2n) is 8.70. The third-order valence-electron chi connectivity index (χ3n) is 6.20. The van der Waals surface area contributed by atoms with Crippen molar-refractivity contribution in [2.75, 3.05) is 0 Å². The Labute approximate surface area is 196 Å². The molecule has 0 aliphatic carbocycles. The number of halogens is 3. The molecule has 1 aliphatic heterocycles. The molecular weight excluding hydrogens is 466 g/mol. The lowest BCUT2D eigenvalue weighted by Crippen LogP contribution is -2.24. The fraction of sp³-hybridized carbons (Fsp3) is 0.167. The van der Waals surface area contributed by atoms with Gasteiger partial charge in [0.2, 0.25) is 0 Å². The summed E-state index contributed by atoms with van der Waals surface area (Å²) in [5.74, 6) is -0.516. The van der Waals surface area contributed by atoms with Gasteiger partial charge in [-0.3, -0.25) is 9.36 Å². The standard InChI is InChI=1S/C24H17BF3NO4S/c1-23(2)12-9-11(24(26,27)28)7-8-14(12)29-17(23)10-15-18(21(29)31)19(30)20(22(32)33-15)34-16-6-4-3-5-13(16)25/h3-10,30H,25H2,1-2H3. The van der Waals surface area contributed by atoms with Gasteiger partial charge in [0.15, 0.2) is 5.75 Å². The van der Waals surface area contributed by atoms with E-state index in [-0.39, 0.29) is 15.9 Å². The van der Waals surface area contributed by atoms with Crippen LogP contribution in [0.4, 0.5) is 13.2 Å². The molecule has 0 radical (unpaired) electrons. The number of aromatic nitrogens is 1. The summed E-state index contributed by atoms with van der Waals surface area (Å²) in [4.78, 5) is 26.9. The van der Waals surface area contributed by atoms with Crippen LogP contribution in [-0.4, -0.2) is 17.5 Å². The van der Waals surface area contributed by atoms with Gasteiger partial charge in [-0.25, -0.2) is 4.79 Å². The Balaban J connectivity index is 1.78. The molecule has 0 saturated carbocycles. The van der Waals surface area contributed by atoms with Crippen molar-refractivity contribution in [3.8, 4) is 11.4 Å². The summed E-state index contributed by atoms with van der Waals surface area (Å²) in [5, 5.41) is 10.8. The second-order valence-corrected chi connectivity index (χ2v) is 9.75. The zero-order valence-corrected chi connectivity index (χ0v) is 19.1. The maximum absolute atomic E-state index is 13.6. The molecule has 2 aromatic heterocycles. The smallest absolute Gasteiger partial charge is 0.416 e. The SMILES string of the molecule is Bc1ccccc1Sc1c(O)c2c(=O)n3c(cc2oc1=O)C(C)(C)c1cc(C(F)(F)F)ccc1-3. The van der Waals surface area contributed by atoms with E-state index in [1.165, 1.54) is 16.7 Å². The Morgan fingerprint density at radius 2 is 1.79 bits per heavy atom. The van der Waals surface area contributed by atoms with E-state index in [1.54, 1.807) is 26.0 Å². The summed E-state index contributed by atoms with van der Waals surface area (Å²) in [5.41, 5.74) is -1.57. The van der Waals surface area contributed by atoms with Crippen LogP contribution in [0.5, 0.6) is 5.75 Å². The third-order valence-corrected chi connectivity index (χ3v) is 7.44. The molecule has 3 heterocycles. The number of alkyl halides is 3. The molecule has 0 fully saturated rings. The summed E-state index contributed by atoms with van der Waals surface area (Å²) in [6, 6.07) is 11.9. The molecule has 0 spiro atoms. The van der Waals surface area contributed by atoms with Crippen LogP contribution >= 0.6 is 11.8 Å². The van der Waals surface area contributed by atoms with Crippen molar-refractivity contribution in [2.24, 2.45) is 0 Å². The van der Waals surface area contributed by atoms with E-state index in [4.69, 9.17) is 4.42 Å². The molecule has 0 amide bonds. The Morgan fingerprint density at radius 3 is 2.47 bits per heavy atom. The Hall–Kier alpha value is -3.40. The Kier molecular flexibility index (Phi) is 4.81. The van der Waals surface area contributed by atoms with Crippen LogP contribution in [0.3, 0.4) is 0 Å². The van der Waals surface area contributed by atoms with Gasteiger partial charge in [-0.15, -0.1) is 0 Å². The first kappa shape index (κ1) is 22.4. The van der Waals surface area contributed by atoms with Crippen molar-refractivity contribution in [1.29, 1.82) is 0 Å². The average molecular weight is 483 g/mol. The van der Waals surface area contributed by atoms with Gasteiger partial charge in [0.25, 0.3) is 5.56 Å². The maximum atomic E-state index is 13.6. The summed E-state index contributed by atoms with van der Waals surface area (Å²) in [6.45, 7) is 3.38. The van der Waals surface area contributed by atoms with Crippen LogP contribution in [0.25, 0.3) is 16.7 Å². The van der Waals surface area contributed by atoms with Crippen LogP contribution in [0.1, 0.15) is 30.7 Å². The van der Waals surface area contributed by atoms with E-state index >= 15 is 0 Å². The molecule has 0 bridgehead atoms. The molecule has 0 atom stereocenters. The van der Waals surface area contributed by atoms with Crippen molar-refractivity contribution < 1.29 is 22.7 Å². The van der Waals surface area contributed by atoms with Gasteiger partial charge in [0.05, 0.1) is 11.3 Å². The first-order valence-corrected chi connectivity index (χ1v) is 11.1. The Morgan fingerprint density at radius 1 is 1.09 bits per heavy atom. The minimum absolute atomic E-state index is 0.121. The highest BCUT2D eigenvalue weighted by atomic mass is 32.2. The van der Waals surface area contributed by atoms with Gasteiger partial charge in [-0.2, -0.15) is 13.2 Å². The highest BCUT2D eigenvalue weighted by Gasteiger charge is 2.41. The van der Waals surface area contributed by atoms with E-state index in [1.807, 2.05) is 20.0 Å². The van der Waals surface area contributed by atoms with Crippen molar-refractivity contribution in [1.82, 2.24) is 4.57 Å². The van der Waals surface area contributed by atoms with Gasteiger partial charge in [-0.1, -0.05) is 49.3 Å². The average Bonchev–Trinajstić information content (AvgIpc) is 2.98. The van der Waals surface area contributed by atoms with E-state index in [0.29, 0.717) is 21.8 Å². The molecule has 5 nitrogen and oxygen atoms in total. The predicted octanol–water partition coefficient (Wildman–Crippen LogP) is 3.72. The van der Waals surface area contributed by atoms with Crippen LogP contribution in [0, 0.1) is 0 Å². The van der Waals surface area contributed by atoms with E-state index in [0.717, 1.165) is 29.4 Å². The van der Waals surface area contributed by atoms with Crippen molar-refractivity contribution in [3.63, 3.8) is 0 Å². The van der Waals surface area contributed by atoms with E-state index < -0.39 is 34.1 Å². The Bertz CT molecular complexity index is 1620. The topological polar surface area (TPSA) is 72.4 Å². The molecule has 1 N–H and O–H groups in total. The minimum Gasteiger partial charge on any atom is -0.505 e. The molecule has 172 valence electrons. The molecule has 2 aromatic carbocycles. The third kappa shape index (κ3) is 3.19. The lowest BCUT2D eigenvalue weighted by molar-refractivity contribution is -0.137. The lowest BCUT2D eigenvalue weighted by atomic mass is 9.82. The number of pyridine rings is 1. The van der Waals surface area contributed by atoms with Crippen molar-refractivity contribution in [2.45, 2.75) is 35.2 Å². The quantitative estimate of drug-likeness (QED) is 0.441. The number of benzene rings is 2. The van der Waals surface area contributed by atoms with Gasteiger partial charge < -0.3 is 9.52 Å². The summed E-state index contributed by atoms with van der Waals surface area (Å²) >= 11 is 0.985. The molecule has 10 heteroatoms. The zero-order chi connectivity index (χ0) is 24.6. The molecule has 5 rings (SSSR count). The van der Waals surface area contributed by atoms with E-state index in [9.17, 15) is 27.9 Å². The number of rotatable bonds is 2. The maximum Gasteiger partial charge on any atom is 0.416 e. The summed E-state index contributed by atoms with van der Waals surface area (Å²) < 4.78 is 46.7. The van der Waals surface area contributed by atoms with Gasteiger partial charge in [-0.05, 0) is 29.8 Å². The lowest BCUT2D eigenvalue weighted by Gasteiger charge is -2.21. The monoisotopic (exact) mass is 483 g/mol. The largest absolute Gasteiger partial charge is 0.505 e. The van der Waals surface area contributed by atoms with Gasteiger partial charge >= 0.3 is 11.8 Å². The first-order valence-electron chi connectivity index (χ1n) is 10.3. The highest BCUT2D eigenvalue weighted by Crippen LogP contribution is 2.45. The highest BCUT2D eigenvalue weighted by molar-refractivity contribution is 7.99. The molecule has 0 saturated heterocycles. The molecule has 1 aliphatic rings. The minimum atomic E-state index is -4.54. The second kappa shape index (κ2) is 7.30. The molecule has 34 heavy (non-hydrogen) atoms. The normalized spacial score (nSPS) is 14.3. The van der Waals surface area contributed by atoms with Crippen molar-refractivity contribution >= 4 is 36.0 Å². The number of hydrogen-bond acceptors (Lipinski definition) is 5. The number of aromatic hydroxyl groups is 1. The summed E-state index contributed by atoms with van der Waals surface area (Å²) in [6.07, 6.45) is -4.54.